The lowest BCUT2D eigenvalue weighted by Crippen LogP contribution is -2.45. The molecule has 6 nitrogen and oxygen atoms in total. The first kappa shape index (κ1) is 22.6. The lowest BCUT2D eigenvalue weighted by atomic mass is 9.91. The highest BCUT2D eigenvalue weighted by Crippen LogP contribution is 2.39. The van der Waals surface area contributed by atoms with Crippen molar-refractivity contribution in [2.45, 2.75) is 44.5 Å². The van der Waals surface area contributed by atoms with E-state index < -0.39 is 17.5 Å². The molecule has 0 unspecified atom stereocenters. The Morgan fingerprint density at radius 2 is 1.91 bits per heavy atom. The first-order chi connectivity index (χ1) is 15.1. The molecule has 0 aliphatic carbocycles. The maximum Gasteiger partial charge on any atom is 0.433 e. The summed E-state index contributed by atoms with van der Waals surface area (Å²) in [5.41, 5.74) is -0.541. The average Bonchev–Trinajstić information content (AvgIpc) is 3.25. The number of nitrogens with zero attached hydrogens (tertiary/aromatic N) is 4. The molecule has 0 amide bonds. The summed E-state index contributed by atoms with van der Waals surface area (Å²) in [5.74, 6) is -0.131. The number of piperidine rings is 1. The smallest absolute Gasteiger partial charge is 0.383 e. The summed E-state index contributed by atoms with van der Waals surface area (Å²) >= 11 is 1.43. The third kappa shape index (κ3) is 4.92. The highest BCUT2D eigenvalue weighted by atomic mass is 32.1. The number of aromatic nitrogens is 3. The molecule has 2 aromatic heterocycles. The Morgan fingerprint density at radius 1 is 1.16 bits per heavy atom. The van der Waals surface area contributed by atoms with Gasteiger partial charge in [0.1, 0.15) is 16.3 Å². The molecule has 1 aliphatic heterocycles. The largest absolute Gasteiger partial charge is 0.433 e. The topological polar surface area (TPSA) is 74.2 Å². The molecule has 2 N–H and O–H groups in total. The molecule has 1 fully saturated rings. The highest BCUT2D eigenvalue weighted by molar-refractivity contribution is 7.15. The van der Waals surface area contributed by atoms with Gasteiger partial charge in [-0.15, -0.1) is 11.3 Å². The van der Waals surface area contributed by atoms with E-state index >= 15 is 0 Å². The van der Waals surface area contributed by atoms with Gasteiger partial charge in [0.25, 0.3) is 0 Å². The number of alkyl halides is 3. The summed E-state index contributed by atoms with van der Waals surface area (Å²) in [6, 6.07) is 8.48. The Balaban J connectivity index is 1.51. The van der Waals surface area contributed by atoms with E-state index in [9.17, 15) is 18.3 Å². The second kappa shape index (κ2) is 8.76. The molecule has 0 spiro atoms. The number of benzene rings is 1. The van der Waals surface area contributed by atoms with Crippen LogP contribution in [0.5, 0.6) is 0 Å². The van der Waals surface area contributed by atoms with Crippen molar-refractivity contribution in [2.75, 3.05) is 18.4 Å². The molecule has 32 heavy (non-hydrogen) atoms. The number of halogens is 3. The lowest BCUT2D eigenvalue weighted by molar-refractivity contribution is -0.141. The van der Waals surface area contributed by atoms with E-state index in [1.807, 2.05) is 6.07 Å². The molecule has 1 aliphatic rings. The minimum atomic E-state index is -4.54. The Hall–Kier alpha value is -2.56. The number of hydrogen-bond donors (Lipinski definition) is 2. The van der Waals surface area contributed by atoms with Gasteiger partial charge < -0.3 is 15.3 Å². The Kier molecular flexibility index (Phi) is 6.19. The Labute approximate surface area is 188 Å². The third-order valence-corrected chi connectivity index (χ3v) is 6.85. The number of hydrogen-bond acceptors (Lipinski definition) is 7. The molecule has 1 saturated heterocycles. The van der Waals surface area contributed by atoms with Crippen LogP contribution in [0.4, 0.5) is 24.8 Å². The number of thiazole rings is 1. The van der Waals surface area contributed by atoms with E-state index in [-0.39, 0.29) is 5.95 Å². The third-order valence-electron chi connectivity index (χ3n) is 5.61. The van der Waals surface area contributed by atoms with Crippen LogP contribution in [-0.2, 0) is 11.8 Å². The average molecular weight is 464 g/mol. The molecule has 0 bridgehead atoms. The van der Waals surface area contributed by atoms with Crippen LogP contribution >= 0.6 is 11.3 Å². The molecule has 4 rings (SSSR count). The normalized spacial score (nSPS) is 17.0. The fraction of sp³-hybridized carbons (Fsp3) is 0.409. The van der Waals surface area contributed by atoms with Gasteiger partial charge in [-0.05, 0) is 50.5 Å². The lowest BCUT2D eigenvalue weighted by Gasteiger charge is -2.38. The van der Waals surface area contributed by atoms with Crippen LogP contribution in [0.1, 0.15) is 37.4 Å². The summed E-state index contributed by atoms with van der Waals surface area (Å²) in [4.78, 5) is 15.1. The second-order valence-corrected chi connectivity index (χ2v) is 9.19. The first-order valence-electron chi connectivity index (χ1n) is 10.3. The molecule has 0 saturated carbocycles. The quantitative estimate of drug-likeness (QED) is 0.551. The van der Waals surface area contributed by atoms with Gasteiger partial charge in [0, 0.05) is 37.2 Å². The van der Waals surface area contributed by atoms with Gasteiger partial charge in [0.05, 0.1) is 4.88 Å². The van der Waals surface area contributed by atoms with Crippen LogP contribution in [0.3, 0.4) is 0 Å². The number of aliphatic hydroxyl groups is 1. The molecule has 1 aromatic carbocycles. The van der Waals surface area contributed by atoms with Crippen molar-refractivity contribution in [1.82, 2.24) is 19.9 Å². The van der Waals surface area contributed by atoms with E-state index in [1.54, 1.807) is 24.4 Å². The van der Waals surface area contributed by atoms with Crippen molar-refractivity contribution >= 4 is 23.0 Å². The van der Waals surface area contributed by atoms with Crippen molar-refractivity contribution in [1.29, 1.82) is 0 Å². The number of anilines is 2. The number of rotatable bonds is 5. The minimum absolute atomic E-state index is 0.131. The van der Waals surface area contributed by atoms with Gasteiger partial charge in [-0.1, -0.05) is 12.1 Å². The van der Waals surface area contributed by atoms with E-state index in [0.29, 0.717) is 29.6 Å². The predicted molar refractivity (Wildman–Crippen MR) is 118 cm³/mol. The molecule has 170 valence electrons. The van der Waals surface area contributed by atoms with Gasteiger partial charge in [-0.2, -0.15) is 13.2 Å². The van der Waals surface area contributed by atoms with Gasteiger partial charge >= 0.3 is 6.18 Å². The fourth-order valence-electron chi connectivity index (χ4n) is 3.70. The van der Waals surface area contributed by atoms with Gasteiger partial charge in [0.2, 0.25) is 5.95 Å². The summed E-state index contributed by atoms with van der Waals surface area (Å²) in [5, 5.41) is 14.7. The first-order valence-corrected chi connectivity index (χ1v) is 11.2. The summed E-state index contributed by atoms with van der Waals surface area (Å²) < 4.78 is 38.7. The van der Waals surface area contributed by atoms with E-state index in [1.165, 1.54) is 11.3 Å². The zero-order valence-corrected chi connectivity index (χ0v) is 18.5. The van der Waals surface area contributed by atoms with E-state index in [2.05, 4.69) is 39.0 Å². The molecule has 3 aromatic rings. The van der Waals surface area contributed by atoms with Crippen molar-refractivity contribution in [3.8, 4) is 10.4 Å². The second-order valence-electron chi connectivity index (χ2n) is 8.16. The van der Waals surface area contributed by atoms with Crippen molar-refractivity contribution in [3.05, 3.63) is 53.4 Å². The van der Waals surface area contributed by atoms with Crippen LogP contribution in [-0.4, -0.2) is 44.1 Å². The zero-order valence-electron chi connectivity index (χ0n) is 17.7. The van der Waals surface area contributed by atoms with Crippen molar-refractivity contribution in [2.24, 2.45) is 0 Å². The van der Waals surface area contributed by atoms with Crippen LogP contribution in [0.15, 0.2) is 42.7 Å². The molecular weight excluding hydrogens is 439 g/mol. The van der Waals surface area contributed by atoms with Crippen LogP contribution in [0, 0.1) is 0 Å². The molecule has 0 radical (unpaired) electrons. The van der Waals surface area contributed by atoms with Crippen LogP contribution < -0.4 is 5.32 Å². The highest BCUT2D eigenvalue weighted by Gasteiger charge is 2.37. The number of nitrogens with one attached hydrogen (secondary N) is 1. The number of likely N-dealkylation sites (tertiary alicyclic amines) is 1. The molecule has 10 heteroatoms. The summed E-state index contributed by atoms with van der Waals surface area (Å²) in [6.45, 7) is 5.94. The summed E-state index contributed by atoms with van der Waals surface area (Å²) in [7, 11) is 0. The molecular formula is C22H24F3N5OS. The predicted octanol–water partition coefficient (Wildman–Crippen LogP) is 5.05. The van der Waals surface area contributed by atoms with Gasteiger partial charge in [-0.3, -0.25) is 0 Å². The minimum Gasteiger partial charge on any atom is -0.383 e. The molecule has 0 atom stereocenters. The van der Waals surface area contributed by atoms with Crippen LogP contribution in [0.25, 0.3) is 10.4 Å². The van der Waals surface area contributed by atoms with Crippen LogP contribution in [0.2, 0.25) is 0 Å². The van der Waals surface area contributed by atoms with E-state index in [0.717, 1.165) is 35.8 Å². The van der Waals surface area contributed by atoms with Gasteiger partial charge in [0.15, 0.2) is 0 Å². The SMILES string of the molecule is CC(C)N1CCC(O)(c2ncc(-c3cccc(Nc4nccc(C(F)(F)F)n4)c3)s2)CC1. The van der Waals surface area contributed by atoms with E-state index in [4.69, 9.17) is 0 Å². The van der Waals surface area contributed by atoms with Gasteiger partial charge in [-0.25, -0.2) is 15.0 Å². The van der Waals surface area contributed by atoms with Crippen molar-refractivity contribution in [3.63, 3.8) is 0 Å². The zero-order chi connectivity index (χ0) is 22.9. The monoisotopic (exact) mass is 463 g/mol. The Morgan fingerprint density at radius 3 is 2.59 bits per heavy atom. The summed E-state index contributed by atoms with van der Waals surface area (Å²) in [6.07, 6.45) is -0.472. The maximum atomic E-state index is 12.9. The standard InChI is InChI=1S/C22H24F3N5OS/c1-14(2)30-10-7-21(31,8-11-30)19-27-13-17(32-19)15-4-3-5-16(12-15)28-20-26-9-6-18(29-20)22(23,24)25/h3-6,9,12-14,31H,7-8,10-11H2,1-2H3,(H,26,28,29). The molecule has 3 heterocycles. The van der Waals surface area contributed by atoms with Crippen molar-refractivity contribution < 1.29 is 18.3 Å². The maximum absolute atomic E-state index is 12.9. The fourth-order valence-corrected chi connectivity index (χ4v) is 4.76. The Bertz CT molecular complexity index is 1080.